The third-order valence-electron chi connectivity index (χ3n) is 3.23. The van der Waals surface area contributed by atoms with Gasteiger partial charge in [0.15, 0.2) is 0 Å². The molecule has 0 radical (unpaired) electrons. The number of nitrogens with one attached hydrogen (secondary N) is 2. The van der Waals surface area contributed by atoms with E-state index >= 15 is 0 Å². The zero-order valence-electron chi connectivity index (χ0n) is 11.8. The number of carbonyl (C=O) groups is 1. The third-order valence-corrected chi connectivity index (χ3v) is 3.23. The minimum Gasteiger partial charge on any atom is -0.390 e. The summed E-state index contributed by atoms with van der Waals surface area (Å²) in [5, 5.41) is 29.7. The van der Waals surface area contributed by atoms with E-state index < -0.39 is 12.2 Å². The number of aromatic amines is 1. The number of benzene rings is 1. The molecule has 112 valence electrons. The van der Waals surface area contributed by atoms with Crippen molar-refractivity contribution >= 4 is 5.91 Å². The molecular formula is C15H19N3O3. The lowest BCUT2D eigenvalue weighted by atomic mass is 9.99. The van der Waals surface area contributed by atoms with E-state index in [9.17, 15) is 15.0 Å². The summed E-state index contributed by atoms with van der Waals surface area (Å²) in [6, 6.07) is 9.47. The van der Waals surface area contributed by atoms with Crippen LogP contribution in [0.1, 0.15) is 25.0 Å². The van der Waals surface area contributed by atoms with Gasteiger partial charge in [0, 0.05) is 19.0 Å². The number of aromatic nitrogens is 2. The van der Waals surface area contributed by atoms with E-state index in [1.54, 1.807) is 0 Å². The molecule has 1 heterocycles. The zero-order valence-corrected chi connectivity index (χ0v) is 11.8. The maximum absolute atomic E-state index is 10.8. The highest BCUT2D eigenvalue weighted by atomic mass is 16.3. The first-order valence-corrected chi connectivity index (χ1v) is 6.79. The molecule has 0 bridgehead atoms. The fourth-order valence-corrected chi connectivity index (χ4v) is 2.12. The highest BCUT2D eigenvalue weighted by molar-refractivity contribution is 5.72. The number of carbonyl (C=O) groups excluding carboxylic acids is 1. The number of aliphatic hydroxyl groups excluding tert-OH is 2. The van der Waals surface area contributed by atoms with E-state index in [0.29, 0.717) is 17.8 Å². The highest BCUT2D eigenvalue weighted by Gasteiger charge is 2.23. The molecule has 6 nitrogen and oxygen atoms in total. The Balaban J connectivity index is 2.08. The molecule has 1 aromatic heterocycles. The Morgan fingerprint density at radius 1 is 1.33 bits per heavy atom. The van der Waals surface area contributed by atoms with Gasteiger partial charge >= 0.3 is 0 Å². The monoisotopic (exact) mass is 289 g/mol. The molecule has 0 aliphatic carbocycles. The Labute approximate surface area is 122 Å². The van der Waals surface area contributed by atoms with Crippen LogP contribution in [-0.2, 0) is 4.79 Å². The van der Waals surface area contributed by atoms with Crippen LogP contribution in [-0.4, -0.2) is 39.0 Å². The maximum Gasteiger partial charge on any atom is 0.216 e. The molecule has 6 heteroatoms. The maximum atomic E-state index is 10.8. The van der Waals surface area contributed by atoms with Gasteiger partial charge in [-0.1, -0.05) is 30.3 Å². The molecule has 2 rings (SSSR count). The molecule has 0 spiro atoms. The Morgan fingerprint density at radius 2 is 2.05 bits per heavy atom. The molecule has 1 amide bonds. The fraction of sp³-hybridized carbons (Fsp3) is 0.333. The van der Waals surface area contributed by atoms with E-state index in [2.05, 4.69) is 15.5 Å². The first-order chi connectivity index (χ1) is 10.1. The Morgan fingerprint density at radius 3 is 2.71 bits per heavy atom. The van der Waals surface area contributed by atoms with Crippen LogP contribution in [0.3, 0.4) is 0 Å². The van der Waals surface area contributed by atoms with Crippen molar-refractivity contribution in [3.8, 4) is 11.3 Å². The van der Waals surface area contributed by atoms with Crippen molar-refractivity contribution in [2.45, 2.75) is 25.6 Å². The van der Waals surface area contributed by atoms with Crippen molar-refractivity contribution in [1.82, 2.24) is 15.5 Å². The van der Waals surface area contributed by atoms with Crippen molar-refractivity contribution in [2.75, 3.05) is 6.54 Å². The van der Waals surface area contributed by atoms with E-state index in [1.807, 2.05) is 30.3 Å². The summed E-state index contributed by atoms with van der Waals surface area (Å²) in [4.78, 5) is 10.8. The van der Waals surface area contributed by atoms with E-state index in [4.69, 9.17) is 0 Å². The normalized spacial score (nSPS) is 13.7. The van der Waals surface area contributed by atoms with E-state index in [0.717, 1.165) is 5.56 Å². The van der Waals surface area contributed by atoms with Gasteiger partial charge in [0.1, 0.15) is 6.10 Å². The number of hydrogen-bond acceptors (Lipinski definition) is 4. The molecule has 0 aliphatic heterocycles. The average molecular weight is 289 g/mol. The number of nitrogens with zero attached hydrogens (tertiary/aromatic N) is 1. The Bertz CT molecular complexity index is 583. The Kier molecular flexibility index (Phi) is 5.08. The molecule has 2 atom stereocenters. The van der Waals surface area contributed by atoms with Crippen LogP contribution in [0.15, 0.2) is 36.5 Å². The minimum absolute atomic E-state index is 0.162. The summed E-state index contributed by atoms with van der Waals surface area (Å²) in [6.07, 6.45) is -0.265. The minimum atomic E-state index is -1.06. The molecule has 21 heavy (non-hydrogen) atoms. The zero-order chi connectivity index (χ0) is 15.2. The van der Waals surface area contributed by atoms with Crippen molar-refractivity contribution in [3.63, 3.8) is 0 Å². The summed E-state index contributed by atoms with van der Waals surface area (Å²) < 4.78 is 0. The second-order valence-electron chi connectivity index (χ2n) is 4.85. The summed E-state index contributed by atoms with van der Waals surface area (Å²) in [6.45, 7) is 1.72. The summed E-state index contributed by atoms with van der Waals surface area (Å²) >= 11 is 0. The van der Waals surface area contributed by atoms with Crippen LogP contribution in [0.25, 0.3) is 11.3 Å². The van der Waals surface area contributed by atoms with Gasteiger partial charge in [-0.25, -0.2) is 0 Å². The van der Waals surface area contributed by atoms with Gasteiger partial charge in [0.2, 0.25) is 5.91 Å². The molecule has 2 aromatic rings. The molecule has 0 aliphatic rings. The number of rotatable bonds is 6. The third kappa shape index (κ3) is 3.90. The highest BCUT2D eigenvalue weighted by Crippen LogP contribution is 2.28. The fourth-order valence-electron chi connectivity index (χ4n) is 2.12. The van der Waals surface area contributed by atoms with Crippen LogP contribution in [0.2, 0.25) is 0 Å². The summed E-state index contributed by atoms with van der Waals surface area (Å²) in [5.74, 6) is -0.162. The van der Waals surface area contributed by atoms with Gasteiger partial charge in [-0.3, -0.25) is 9.89 Å². The smallest absolute Gasteiger partial charge is 0.216 e. The van der Waals surface area contributed by atoms with Crippen LogP contribution >= 0.6 is 0 Å². The SMILES string of the molecule is CC(=O)NCCC(O)C(O)c1cn[nH]c1-c1ccccc1. The van der Waals surface area contributed by atoms with Gasteiger partial charge in [-0.2, -0.15) is 5.10 Å². The number of hydrogen-bond donors (Lipinski definition) is 4. The largest absolute Gasteiger partial charge is 0.390 e. The summed E-state index contributed by atoms with van der Waals surface area (Å²) in [5.41, 5.74) is 2.11. The standard InChI is InChI=1S/C15H19N3O3/c1-10(19)16-8-7-13(20)15(21)12-9-17-18-14(12)11-5-3-2-4-6-11/h2-6,9,13,15,20-21H,7-8H2,1H3,(H,16,19)(H,17,18). The van der Waals surface area contributed by atoms with Crippen LogP contribution < -0.4 is 5.32 Å². The predicted octanol–water partition coefficient (Wildman–Crippen LogP) is 0.997. The van der Waals surface area contributed by atoms with Crippen LogP contribution in [0.5, 0.6) is 0 Å². The van der Waals surface area contributed by atoms with E-state index in [1.165, 1.54) is 13.1 Å². The topological polar surface area (TPSA) is 98.2 Å². The molecule has 0 saturated carbocycles. The van der Waals surface area contributed by atoms with Gasteiger partial charge in [-0.15, -0.1) is 0 Å². The second kappa shape index (κ2) is 7.01. The van der Waals surface area contributed by atoms with Crippen molar-refractivity contribution < 1.29 is 15.0 Å². The summed E-state index contributed by atoms with van der Waals surface area (Å²) in [7, 11) is 0. The molecule has 0 fully saturated rings. The molecule has 1 aromatic carbocycles. The molecular weight excluding hydrogens is 270 g/mol. The number of H-pyrrole nitrogens is 1. The van der Waals surface area contributed by atoms with Crippen LogP contribution in [0, 0.1) is 0 Å². The van der Waals surface area contributed by atoms with Crippen molar-refractivity contribution in [3.05, 3.63) is 42.1 Å². The van der Waals surface area contributed by atoms with Gasteiger partial charge in [0.25, 0.3) is 0 Å². The number of amides is 1. The lowest BCUT2D eigenvalue weighted by molar-refractivity contribution is -0.119. The van der Waals surface area contributed by atoms with Gasteiger partial charge in [0.05, 0.1) is 18.0 Å². The van der Waals surface area contributed by atoms with Gasteiger partial charge in [-0.05, 0) is 12.0 Å². The predicted molar refractivity (Wildman–Crippen MR) is 78.3 cm³/mol. The lowest BCUT2D eigenvalue weighted by Crippen LogP contribution is -2.27. The Hall–Kier alpha value is -2.18. The van der Waals surface area contributed by atoms with Gasteiger partial charge < -0.3 is 15.5 Å². The van der Waals surface area contributed by atoms with Crippen LogP contribution in [0.4, 0.5) is 0 Å². The molecule has 4 N–H and O–H groups in total. The first kappa shape index (κ1) is 15.2. The quantitative estimate of drug-likeness (QED) is 0.637. The van der Waals surface area contributed by atoms with E-state index in [-0.39, 0.29) is 12.3 Å². The van der Waals surface area contributed by atoms with Crippen molar-refractivity contribution in [2.24, 2.45) is 0 Å². The average Bonchev–Trinajstić information content (AvgIpc) is 2.96. The second-order valence-corrected chi connectivity index (χ2v) is 4.85. The lowest BCUT2D eigenvalue weighted by Gasteiger charge is -2.18. The number of aliphatic hydroxyl groups is 2. The molecule has 0 saturated heterocycles. The van der Waals surface area contributed by atoms with Crippen molar-refractivity contribution in [1.29, 1.82) is 0 Å². The molecule has 2 unspecified atom stereocenters. The first-order valence-electron chi connectivity index (χ1n) is 6.79.